The van der Waals surface area contributed by atoms with Crippen molar-refractivity contribution in [1.82, 2.24) is 15.6 Å². The maximum absolute atomic E-state index is 11.5. The highest BCUT2D eigenvalue weighted by Gasteiger charge is 2.16. The summed E-state index contributed by atoms with van der Waals surface area (Å²) in [6, 6.07) is -1.27. The first kappa shape index (κ1) is 14.0. The number of carboxylic acids is 1. The third kappa shape index (κ3) is 4.44. The van der Waals surface area contributed by atoms with E-state index in [4.69, 9.17) is 9.52 Å². The number of urea groups is 1. The average molecular weight is 255 g/mol. The Kier molecular flexibility index (Phi) is 4.70. The van der Waals surface area contributed by atoms with Crippen LogP contribution >= 0.6 is 0 Å². The monoisotopic (exact) mass is 255 g/mol. The van der Waals surface area contributed by atoms with Gasteiger partial charge in [0.05, 0.1) is 12.6 Å². The molecular formula is C11H17N3O4. The minimum Gasteiger partial charge on any atom is -0.481 e. The lowest BCUT2D eigenvalue weighted by Gasteiger charge is -2.15. The van der Waals surface area contributed by atoms with Gasteiger partial charge in [0.1, 0.15) is 11.8 Å². The molecule has 0 aromatic carbocycles. The molecule has 1 aromatic heterocycles. The number of nitrogens with one attached hydrogen (secondary N) is 2. The molecule has 1 heterocycles. The number of carbonyl (C=O) groups excluding carboxylic acids is 1. The molecule has 0 aliphatic carbocycles. The van der Waals surface area contributed by atoms with Crippen molar-refractivity contribution in [2.45, 2.75) is 39.3 Å². The summed E-state index contributed by atoms with van der Waals surface area (Å²) in [4.78, 5) is 26.0. The highest BCUT2D eigenvalue weighted by molar-refractivity contribution is 5.75. The average Bonchev–Trinajstić information content (AvgIpc) is 2.62. The summed E-state index contributed by atoms with van der Waals surface area (Å²) >= 11 is 0. The van der Waals surface area contributed by atoms with E-state index >= 15 is 0 Å². The van der Waals surface area contributed by atoms with Crippen molar-refractivity contribution in [3.05, 3.63) is 17.8 Å². The number of amides is 2. The molecule has 0 aliphatic heterocycles. The smallest absolute Gasteiger partial charge is 0.315 e. The van der Waals surface area contributed by atoms with Crippen LogP contribution in [0.4, 0.5) is 4.79 Å². The van der Waals surface area contributed by atoms with Crippen molar-refractivity contribution in [3.63, 3.8) is 0 Å². The van der Waals surface area contributed by atoms with E-state index in [1.54, 1.807) is 27.0 Å². The van der Waals surface area contributed by atoms with Gasteiger partial charge in [-0.25, -0.2) is 9.78 Å². The first-order chi connectivity index (χ1) is 8.38. The molecule has 0 bridgehead atoms. The van der Waals surface area contributed by atoms with E-state index in [0.29, 0.717) is 11.7 Å². The largest absolute Gasteiger partial charge is 0.481 e. The lowest BCUT2D eigenvalue weighted by atomic mass is 10.2. The second kappa shape index (κ2) is 6.04. The maximum Gasteiger partial charge on any atom is 0.315 e. The maximum atomic E-state index is 11.5. The fourth-order valence-corrected chi connectivity index (χ4v) is 1.41. The molecule has 100 valence electrons. The number of aliphatic carboxylic acids is 1. The van der Waals surface area contributed by atoms with E-state index in [9.17, 15) is 9.59 Å². The van der Waals surface area contributed by atoms with Gasteiger partial charge in [-0.2, -0.15) is 0 Å². The summed E-state index contributed by atoms with van der Waals surface area (Å²) in [5, 5.41) is 13.7. The van der Waals surface area contributed by atoms with Gasteiger partial charge in [-0.05, 0) is 20.8 Å². The highest BCUT2D eigenvalue weighted by Crippen LogP contribution is 2.11. The molecule has 0 spiro atoms. The van der Waals surface area contributed by atoms with E-state index in [1.165, 1.54) is 0 Å². The van der Waals surface area contributed by atoms with E-state index in [0.717, 1.165) is 0 Å². The molecular weight excluding hydrogens is 238 g/mol. The highest BCUT2D eigenvalue weighted by atomic mass is 16.4. The number of rotatable bonds is 5. The van der Waals surface area contributed by atoms with Crippen LogP contribution in [0.2, 0.25) is 0 Å². The van der Waals surface area contributed by atoms with E-state index in [2.05, 4.69) is 15.6 Å². The second-order valence-electron chi connectivity index (χ2n) is 4.15. The van der Waals surface area contributed by atoms with Crippen LogP contribution < -0.4 is 10.6 Å². The molecule has 1 aromatic rings. The molecule has 1 rings (SSSR count). The first-order valence-electron chi connectivity index (χ1n) is 5.59. The predicted octanol–water partition coefficient (Wildman–Crippen LogP) is 1.21. The quantitative estimate of drug-likeness (QED) is 0.733. The summed E-state index contributed by atoms with van der Waals surface area (Å²) in [7, 11) is 0. The van der Waals surface area contributed by atoms with Crippen LogP contribution in [0, 0.1) is 6.92 Å². The number of carboxylic acid groups (broad SMARTS) is 1. The number of hydrogen-bond donors (Lipinski definition) is 3. The number of oxazole rings is 1. The van der Waals surface area contributed by atoms with Crippen molar-refractivity contribution < 1.29 is 19.1 Å². The van der Waals surface area contributed by atoms with Gasteiger partial charge < -0.3 is 20.2 Å². The minimum absolute atomic E-state index is 0.125. The molecule has 7 heteroatoms. The van der Waals surface area contributed by atoms with Gasteiger partial charge in [0.15, 0.2) is 0 Å². The van der Waals surface area contributed by atoms with Gasteiger partial charge in [0, 0.05) is 6.04 Å². The second-order valence-corrected chi connectivity index (χ2v) is 4.15. The summed E-state index contributed by atoms with van der Waals surface area (Å²) in [5.41, 5.74) is 0. The van der Waals surface area contributed by atoms with Crippen LogP contribution in [-0.2, 0) is 4.79 Å². The zero-order valence-electron chi connectivity index (χ0n) is 10.6. The third-order valence-corrected chi connectivity index (χ3v) is 2.22. The predicted molar refractivity (Wildman–Crippen MR) is 63.0 cm³/mol. The molecule has 0 aliphatic rings. The third-order valence-electron chi connectivity index (χ3n) is 2.22. The van der Waals surface area contributed by atoms with Gasteiger partial charge in [-0.15, -0.1) is 0 Å². The zero-order chi connectivity index (χ0) is 13.7. The zero-order valence-corrected chi connectivity index (χ0v) is 10.6. The van der Waals surface area contributed by atoms with Crippen molar-refractivity contribution >= 4 is 12.0 Å². The summed E-state index contributed by atoms with van der Waals surface area (Å²) in [6.45, 7) is 5.11. The Hall–Kier alpha value is -2.05. The Balaban J connectivity index is 2.42. The molecule has 0 saturated carbocycles. The molecule has 18 heavy (non-hydrogen) atoms. The van der Waals surface area contributed by atoms with E-state index in [-0.39, 0.29) is 12.5 Å². The number of nitrogens with zero attached hydrogens (tertiary/aromatic N) is 1. The van der Waals surface area contributed by atoms with Crippen LogP contribution in [0.3, 0.4) is 0 Å². The molecule has 2 unspecified atom stereocenters. The molecule has 2 amide bonds. The topological polar surface area (TPSA) is 104 Å². The van der Waals surface area contributed by atoms with Gasteiger partial charge in [0.2, 0.25) is 5.89 Å². The number of hydrogen-bond acceptors (Lipinski definition) is 4. The summed E-state index contributed by atoms with van der Waals surface area (Å²) < 4.78 is 5.27. The Morgan fingerprint density at radius 3 is 2.61 bits per heavy atom. The molecule has 0 fully saturated rings. The molecule has 3 N–H and O–H groups in total. The van der Waals surface area contributed by atoms with E-state index < -0.39 is 18.0 Å². The number of aryl methyl sites for hydroxylation is 1. The van der Waals surface area contributed by atoms with E-state index in [1.807, 2.05) is 0 Å². The van der Waals surface area contributed by atoms with Crippen LogP contribution in [0.25, 0.3) is 0 Å². The first-order valence-corrected chi connectivity index (χ1v) is 5.59. The fourth-order valence-electron chi connectivity index (χ4n) is 1.41. The Morgan fingerprint density at radius 1 is 1.44 bits per heavy atom. The van der Waals surface area contributed by atoms with Gasteiger partial charge >= 0.3 is 12.0 Å². The normalized spacial score (nSPS) is 13.7. The molecule has 7 nitrogen and oxygen atoms in total. The molecule has 0 radical (unpaired) electrons. The van der Waals surface area contributed by atoms with Gasteiger partial charge in [-0.3, -0.25) is 4.79 Å². The Labute approximate surface area is 105 Å². The molecule has 2 atom stereocenters. The SMILES string of the molecule is Cc1cnc(C(C)NC(=O)NC(C)CC(=O)O)o1. The number of aromatic nitrogens is 1. The van der Waals surface area contributed by atoms with Crippen LogP contribution in [-0.4, -0.2) is 28.1 Å². The van der Waals surface area contributed by atoms with Crippen molar-refractivity contribution in [2.75, 3.05) is 0 Å². The fraction of sp³-hybridized carbons (Fsp3) is 0.545. The summed E-state index contributed by atoms with van der Waals surface area (Å²) in [5.74, 6) is 0.117. The van der Waals surface area contributed by atoms with Crippen LogP contribution in [0.15, 0.2) is 10.6 Å². The van der Waals surface area contributed by atoms with Crippen molar-refractivity contribution in [2.24, 2.45) is 0 Å². The van der Waals surface area contributed by atoms with Gasteiger partial charge in [0.25, 0.3) is 0 Å². The lowest BCUT2D eigenvalue weighted by Crippen LogP contribution is -2.42. The minimum atomic E-state index is -0.959. The van der Waals surface area contributed by atoms with Crippen molar-refractivity contribution in [1.29, 1.82) is 0 Å². The van der Waals surface area contributed by atoms with Crippen LogP contribution in [0.1, 0.15) is 38.0 Å². The van der Waals surface area contributed by atoms with Gasteiger partial charge in [-0.1, -0.05) is 0 Å². The lowest BCUT2D eigenvalue weighted by molar-refractivity contribution is -0.137. The molecule has 0 saturated heterocycles. The van der Waals surface area contributed by atoms with Crippen molar-refractivity contribution in [3.8, 4) is 0 Å². The Morgan fingerprint density at radius 2 is 2.11 bits per heavy atom. The summed E-state index contributed by atoms with van der Waals surface area (Å²) in [6.07, 6.45) is 1.44. The standard InChI is InChI=1S/C11H17N3O4/c1-6(4-9(15)16)13-11(17)14-8(3)10-12-5-7(2)18-10/h5-6,8H,4H2,1-3H3,(H,15,16)(H2,13,14,17). The van der Waals surface area contributed by atoms with Crippen LogP contribution in [0.5, 0.6) is 0 Å². The Bertz CT molecular complexity index is 430. The number of carbonyl (C=O) groups is 2.